The first kappa shape index (κ1) is 29.6. The quantitative estimate of drug-likeness (QED) is 0.243. The Bertz CT molecular complexity index is 585. The molecule has 0 aliphatic carbocycles. The number of hydrogen-bond donors (Lipinski definition) is 4. The number of thiocarbonyl (C=S) groups is 2. The van der Waals surface area contributed by atoms with Crippen molar-refractivity contribution in [3.8, 4) is 0 Å². The summed E-state index contributed by atoms with van der Waals surface area (Å²) in [5.74, 6) is -2.36. The summed E-state index contributed by atoms with van der Waals surface area (Å²) in [6, 6.07) is 0. The summed E-state index contributed by atoms with van der Waals surface area (Å²) in [6.45, 7) is 7.41. The lowest BCUT2D eigenvalue weighted by Crippen LogP contribution is -2.44. The van der Waals surface area contributed by atoms with E-state index in [2.05, 4.69) is 0 Å². The number of unbranched alkanes of at least 4 members (excludes halogenated alkanes) is 2. The highest BCUT2D eigenvalue weighted by atomic mass is 32.1. The zero-order valence-electron chi connectivity index (χ0n) is 18.8. The number of hydrogen-bond acceptors (Lipinski definition) is 8. The third kappa shape index (κ3) is 11.2. The summed E-state index contributed by atoms with van der Waals surface area (Å²) >= 11 is 10.3. The van der Waals surface area contributed by atoms with Gasteiger partial charge in [-0.3, -0.25) is 9.59 Å². The second-order valence-corrected chi connectivity index (χ2v) is 9.47. The third-order valence-corrected chi connectivity index (χ3v) is 5.72. The van der Waals surface area contributed by atoms with Crippen molar-refractivity contribution in [3.05, 3.63) is 0 Å². The first-order valence-electron chi connectivity index (χ1n) is 10.4. The Morgan fingerprint density at radius 1 is 0.774 bits per heavy atom. The van der Waals surface area contributed by atoms with E-state index in [4.69, 9.17) is 44.1 Å². The Morgan fingerprint density at radius 3 is 1.35 bits per heavy atom. The predicted molar refractivity (Wildman–Crippen MR) is 124 cm³/mol. The second-order valence-electron chi connectivity index (χ2n) is 8.73. The summed E-state index contributed by atoms with van der Waals surface area (Å²) in [4.78, 5) is 22.3. The first-order chi connectivity index (χ1) is 14.2. The normalized spacial score (nSPS) is 15.4. The fourth-order valence-corrected chi connectivity index (χ4v) is 3.26. The molecule has 0 bridgehead atoms. The van der Waals surface area contributed by atoms with Gasteiger partial charge in [0.2, 0.25) is 0 Å². The molecule has 0 amide bonds. The Balaban J connectivity index is 5.01. The number of carbonyl (C=O) groups is 2. The van der Waals surface area contributed by atoms with Crippen molar-refractivity contribution in [1.29, 1.82) is 0 Å². The molecule has 8 nitrogen and oxygen atoms in total. The topological polar surface area (TPSA) is 134 Å². The van der Waals surface area contributed by atoms with E-state index in [1.807, 2.05) is 13.8 Å². The molecule has 0 aromatic heterocycles. The van der Waals surface area contributed by atoms with Gasteiger partial charge in [0.15, 0.2) is 10.1 Å². The molecule has 2 atom stereocenters. The van der Waals surface area contributed by atoms with E-state index >= 15 is 0 Å². The van der Waals surface area contributed by atoms with Crippen molar-refractivity contribution in [3.63, 3.8) is 0 Å². The smallest absolute Gasteiger partial charge is 0.306 e. The average molecular weight is 481 g/mol. The van der Waals surface area contributed by atoms with Gasteiger partial charge in [0.1, 0.15) is 11.2 Å². The van der Waals surface area contributed by atoms with Crippen LogP contribution in [0.3, 0.4) is 0 Å². The maximum absolute atomic E-state index is 11.1. The molecular formula is C21H36O8S2. The Morgan fingerprint density at radius 2 is 1.10 bits per heavy atom. The zero-order chi connectivity index (χ0) is 24.3. The monoisotopic (exact) mass is 480 g/mol. The molecule has 0 heterocycles. The van der Waals surface area contributed by atoms with Gasteiger partial charge in [0.05, 0.1) is 26.1 Å². The van der Waals surface area contributed by atoms with Crippen LogP contribution >= 0.6 is 24.4 Å². The lowest BCUT2D eigenvalue weighted by Gasteiger charge is -2.32. The lowest BCUT2D eigenvalue weighted by molar-refractivity contribution is -0.142. The molecule has 0 spiro atoms. The van der Waals surface area contributed by atoms with Crippen LogP contribution < -0.4 is 0 Å². The minimum Gasteiger partial charge on any atom is -0.484 e. The van der Waals surface area contributed by atoms with E-state index in [0.717, 1.165) is 12.8 Å². The van der Waals surface area contributed by atoms with Gasteiger partial charge >= 0.3 is 11.9 Å². The van der Waals surface area contributed by atoms with Gasteiger partial charge in [0.25, 0.3) is 0 Å². The van der Waals surface area contributed by atoms with Crippen LogP contribution in [0.5, 0.6) is 0 Å². The van der Waals surface area contributed by atoms with Gasteiger partial charge in [0, 0.05) is 5.41 Å². The number of aliphatic hydroxyl groups is 2. The molecule has 2 unspecified atom stereocenters. The van der Waals surface area contributed by atoms with Crippen LogP contribution in [0.4, 0.5) is 0 Å². The van der Waals surface area contributed by atoms with Crippen molar-refractivity contribution in [2.24, 2.45) is 5.41 Å². The number of ether oxygens (including phenoxy) is 2. The minimum absolute atomic E-state index is 0.00875. The molecule has 31 heavy (non-hydrogen) atoms. The molecule has 0 saturated heterocycles. The van der Waals surface area contributed by atoms with E-state index in [-0.39, 0.29) is 36.2 Å². The number of aliphatic carboxylic acids is 2. The van der Waals surface area contributed by atoms with E-state index in [1.54, 1.807) is 13.8 Å². The summed E-state index contributed by atoms with van der Waals surface area (Å²) in [6.07, 6.45) is 1.96. The summed E-state index contributed by atoms with van der Waals surface area (Å²) < 4.78 is 11.1. The highest BCUT2D eigenvalue weighted by molar-refractivity contribution is 7.80. The molecule has 180 valence electrons. The van der Waals surface area contributed by atoms with Crippen LogP contribution in [0, 0.1) is 5.41 Å². The fraction of sp³-hybridized carbons (Fsp3) is 0.810. The Kier molecular flexibility index (Phi) is 12.7. The highest BCUT2D eigenvalue weighted by Crippen LogP contribution is 2.27. The molecule has 0 aliphatic rings. The van der Waals surface area contributed by atoms with E-state index in [9.17, 15) is 19.8 Å². The minimum atomic E-state index is -1.74. The van der Waals surface area contributed by atoms with Crippen LogP contribution in [0.2, 0.25) is 0 Å². The van der Waals surface area contributed by atoms with Crippen molar-refractivity contribution < 1.29 is 39.5 Å². The largest absolute Gasteiger partial charge is 0.484 e. The van der Waals surface area contributed by atoms with Crippen LogP contribution in [-0.4, -0.2) is 66.9 Å². The number of rotatable bonds is 16. The van der Waals surface area contributed by atoms with E-state index in [0.29, 0.717) is 12.8 Å². The van der Waals surface area contributed by atoms with Gasteiger partial charge in [-0.1, -0.05) is 53.4 Å². The molecule has 0 saturated carbocycles. The molecule has 0 aromatic rings. The molecule has 0 aliphatic heterocycles. The van der Waals surface area contributed by atoms with Crippen LogP contribution in [-0.2, 0) is 19.1 Å². The summed E-state index contributed by atoms with van der Waals surface area (Å²) in [5, 5.41) is 39.2. The van der Waals surface area contributed by atoms with Crippen LogP contribution in [0.15, 0.2) is 0 Å². The maximum atomic E-state index is 11.1. The highest BCUT2D eigenvalue weighted by Gasteiger charge is 2.39. The second kappa shape index (κ2) is 13.2. The molecule has 10 heteroatoms. The van der Waals surface area contributed by atoms with E-state index in [1.165, 1.54) is 0 Å². The standard InChI is InChI=1S/C21H36O8S2/c1-5-7-9-20(26,11-15(22)23)17(30)28-13-19(3,4)14-29-18(31)21(27,10-8-6-2)12-16(24)25/h26-27H,5-14H2,1-4H3,(H,22,23)(H,24,25). The zero-order valence-corrected chi connectivity index (χ0v) is 20.4. The van der Waals surface area contributed by atoms with Crippen LogP contribution in [0.25, 0.3) is 0 Å². The van der Waals surface area contributed by atoms with Crippen molar-refractivity contribution in [2.75, 3.05) is 13.2 Å². The first-order valence-corrected chi connectivity index (χ1v) is 11.3. The Hall–Kier alpha value is -1.36. The maximum Gasteiger partial charge on any atom is 0.306 e. The summed E-state index contributed by atoms with van der Waals surface area (Å²) in [5.41, 5.74) is -4.16. The fourth-order valence-electron chi connectivity index (χ4n) is 2.80. The molecule has 0 radical (unpaired) electrons. The SMILES string of the molecule is CCCCC(O)(CC(=O)O)C(=S)OCC(C)(C)COC(=S)C(O)(CCCC)CC(=O)O. The molecular weight excluding hydrogens is 444 g/mol. The summed E-state index contributed by atoms with van der Waals surface area (Å²) in [7, 11) is 0. The molecule has 0 fully saturated rings. The van der Waals surface area contributed by atoms with Gasteiger partial charge in [-0.15, -0.1) is 0 Å². The van der Waals surface area contributed by atoms with Gasteiger partial charge in [-0.05, 0) is 37.3 Å². The van der Waals surface area contributed by atoms with Crippen molar-refractivity contribution in [1.82, 2.24) is 0 Å². The van der Waals surface area contributed by atoms with Gasteiger partial charge in [-0.2, -0.15) is 0 Å². The molecule has 4 N–H and O–H groups in total. The van der Waals surface area contributed by atoms with Crippen LogP contribution in [0.1, 0.15) is 79.1 Å². The predicted octanol–water partition coefficient (Wildman–Crippen LogP) is 3.49. The average Bonchev–Trinajstić information content (AvgIpc) is 2.66. The molecule has 0 aromatic carbocycles. The Labute approximate surface area is 194 Å². The van der Waals surface area contributed by atoms with Gasteiger partial charge < -0.3 is 29.9 Å². The third-order valence-electron chi connectivity index (χ3n) is 4.72. The van der Waals surface area contributed by atoms with Crippen molar-refractivity contribution in [2.45, 2.75) is 90.3 Å². The van der Waals surface area contributed by atoms with E-state index < -0.39 is 41.4 Å². The molecule has 0 rings (SSSR count). The van der Waals surface area contributed by atoms with Crippen molar-refractivity contribution >= 4 is 46.5 Å². The lowest BCUT2D eigenvalue weighted by atomic mass is 9.92. The van der Waals surface area contributed by atoms with Gasteiger partial charge in [-0.25, -0.2) is 0 Å². The number of carboxylic acid groups (broad SMARTS) is 2. The number of carboxylic acids is 2.